The minimum atomic E-state index is 0.0863. The molecule has 0 aliphatic heterocycles. The van der Waals surface area contributed by atoms with Crippen molar-refractivity contribution < 1.29 is 0 Å². The number of halogens is 1. The Morgan fingerprint density at radius 1 is 1.22 bits per heavy atom. The van der Waals surface area contributed by atoms with Crippen LogP contribution in [0.3, 0.4) is 0 Å². The van der Waals surface area contributed by atoms with E-state index >= 15 is 0 Å². The maximum atomic E-state index is 7.62. The molecule has 2 nitrogen and oxygen atoms in total. The lowest BCUT2D eigenvalue weighted by Gasteiger charge is -2.09. The average Bonchev–Trinajstić information content (AvgIpc) is 2.31. The molecule has 0 radical (unpaired) electrons. The molecule has 4 heteroatoms. The molecule has 0 aliphatic carbocycles. The van der Waals surface area contributed by atoms with Crippen molar-refractivity contribution in [3.8, 4) is 0 Å². The fraction of sp³-hybridized carbons (Fsp3) is 0.0714. The van der Waals surface area contributed by atoms with Crippen LogP contribution in [0.1, 0.15) is 11.1 Å². The predicted molar refractivity (Wildman–Crippen MR) is 77.8 cm³/mol. The van der Waals surface area contributed by atoms with E-state index in [0.717, 1.165) is 20.9 Å². The number of benzene rings is 2. The molecule has 2 aromatic rings. The van der Waals surface area contributed by atoms with E-state index in [4.69, 9.17) is 22.7 Å². The lowest BCUT2D eigenvalue weighted by atomic mass is 10.1. The van der Waals surface area contributed by atoms with Crippen LogP contribution in [0, 0.1) is 12.3 Å². The number of nitrogens with two attached hydrogens (primary N) is 1. The van der Waals surface area contributed by atoms with E-state index in [1.807, 2.05) is 49.4 Å². The second kappa shape index (κ2) is 5.46. The van der Waals surface area contributed by atoms with Gasteiger partial charge >= 0.3 is 0 Å². The molecule has 0 unspecified atom stereocenters. The second-order valence-corrected chi connectivity index (χ2v) is 5.52. The van der Waals surface area contributed by atoms with Crippen LogP contribution in [0.25, 0.3) is 0 Å². The number of hydrogen-bond acceptors (Lipinski definition) is 2. The van der Waals surface area contributed by atoms with Crippen molar-refractivity contribution in [2.24, 2.45) is 5.73 Å². The first-order valence-electron chi connectivity index (χ1n) is 5.45. The molecule has 0 heterocycles. The monoisotopic (exact) mass is 276 g/mol. The van der Waals surface area contributed by atoms with Gasteiger partial charge in [-0.15, -0.1) is 0 Å². The molecule has 2 rings (SSSR count). The van der Waals surface area contributed by atoms with Crippen molar-refractivity contribution in [2.45, 2.75) is 16.7 Å². The van der Waals surface area contributed by atoms with Gasteiger partial charge in [-0.25, -0.2) is 0 Å². The smallest absolute Gasteiger partial charge is 0.123 e. The van der Waals surface area contributed by atoms with Crippen molar-refractivity contribution in [1.29, 1.82) is 5.41 Å². The summed E-state index contributed by atoms with van der Waals surface area (Å²) in [5.41, 5.74) is 7.47. The van der Waals surface area contributed by atoms with Gasteiger partial charge in [-0.3, -0.25) is 5.41 Å². The van der Waals surface area contributed by atoms with Gasteiger partial charge in [0.1, 0.15) is 5.84 Å². The largest absolute Gasteiger partial charge is 0.384 e. The molecule has 0 bridgehead atoms. The van der Waals surface area contributed by atoms with Crippen LogP contribution in [0.15, 0.2) is 52.3 Å². The molecule has 0 spiro atoms. The highest BCUT2D eigenvalue weighted by molar-refractivity contribution is 7.99. The Balaban J connectivity index is 2.37. The van der Waals surface area contributed by atoms with Crippen LogP contribution in [-0.4, -0.2) is 5.84 Å². The lowest BCUT2D eigenvalue weighted by Crippen LogP contribution is -2.12. The first-order valence-corrected chi connectivity index (χ1v) is 6.64. The minimum absolute atomic E-state index is 0.0863. The Labute approximate surface area is 116 Å². The number of hydrogen-bond donors (Lipinski definition) is 2. The van der Waals surface area contributed by atoms with Crippen LogP contribution < -0.4 is 5.73 Å². The molecule has 0 amide bonds. The number of rotatable bonds is 3. The van der Waals surface area contributed by atoms with Crippen LogP contribution in [0.2, 0.25) is 5.02 Å². The molecule has 2 aromatic carbocycles. The van der Waals surface area contributed by atoms with Crippen molar-refractivity contribution in [3.05, 3.63) is 58.6 Å². The number of aryl methyl sites for hydroxylation is 1. The number of nitrogens with one attached hydrogen (secondary N) is 1. The summed E-state index contributed by atoms with van der Waals surface area (Å²) in [4.78, 5) is 2.00. The lowest BCUT2D eigenvalue weighted by molar-refractivity contribution is 1.30. The summed E-state index contributed by atoms with van der Waals surface area (Å²) >= 11 is 7.52. The molecular formula is C14H13ClN2S. The molecule has 18 heavy (non-hydrogen) atoms. The summed E-state index contributed by atoms with van der Waals surface area (Å²) in [6.07, 6.45) is 0. The molecule has 0 saturated heterocycles. The molecule has 0 aromatic heterocycles. The zero-order valence-electron chi connectivity index (χ0n) is 9.91. The van der Waals surface area contributed by atoms with Crippen LogP contribution >= 0.6 is 23.4 Å². The highest BCUT2D eigenvalue weighted by Crippen LogP contribution is 2.32. The van der Waals surface area contributed by atoms with Crippen molar-refractivity contribution in [1.82, 2.24) is 0 Å². The molecule has 0 aliphatic rings. The number of nitrogen functional groups attached to an aromatic ring is 1. The van der Waals surface area contributed by atoms with Gasteiger partial charge in [0.2, 0.25) is 0 Å². The van der Waals surface area contributed by atoms with E-state index in [2.05, 4.69) is 0 Å². The summed E-state index contributed by atoms with van der Waals surface area (Å²) < 4.78 is 0. The van der Waals surface area contributed by atoms with Crippen LogP contribution in [0.4, 0.5) is 0 Å². The molecular weight excluding hydrogens is 264 g/mol. The van der Waals surface area contributed by atoms with E-state index in [0.29, 0.717) is 5.02 Å². The first kappa shape index (κ1) is 13.0. The second-order valence-electron chi connectivity index (χ2n) is 3.97. The Kier molecular flexibility index (Phi) is 3.94. The average molecular weight is 277 g/mol. The highest BCUT2D eigenvalue weighted by Gasteiger charge is 2.07. The predicted octanol–water partition coefficient (Wildman–Crippen LogP) is 4.08. The Hall–Kier alpha value is -1.45. The van der Waals surface area contributed by atoms with Gasteiger partial charge in [0.25, 0.3) is 0 Å². The van der Waals surface area contributed by atoms with Crippen LogP contribution in [0.5, 0.6) is 0 Å². The SMILES string of the molecule is Cc1ccc(Sc2cccc(Cl)c2)c(C(=N)N)c1. The fourth-order valence-electron chi connectivity index (χ4n) is 1.60. The number of amidine groups is 1. The van der Waals surface area contributed by atoms with Gasteiger partial charge < -0.3 is 5.73 Å². The Morgan fingerprint density at radius 2 is 2.00 bits per heavy atom. The maximum absolute atomic E-state index is 7.62. The summed E-state index contributed by atoms with van der Waals surface area (Å²) in [5.74, 6) is 0.0863. The minimum Gasteiger partial charge on any atom is -0.384 e. The quantitative estimate of drug-likeness (QED) is 0.655. The van der Waals surface area contributed by atoms with E-state index in [-0.39, 0.29) is 5.84 Å². The van der Waals surface area contributed by atoms with Gasteiger partial charge in [-0.1, -0.05) is 41.1 Å². The van der Waals surface area contributed by atoms with Crippen molar-refractivity contribution in [3.63, 3.8) is 0 Å². The Bertz CT molecular complexity index is 596. The third-order valence-corrected chi connectivity index (χ3v) is 3.75. The van der Waals surface area contributed by atoms with Gasteiger partial charge in [0, 0.05) is 20.4 Å². The molecule has 0 saturated carbocycles. The Morgan fingerprint density at radius 3 is 2.67 bits per heavy atom. The molecule has 92 valence electrons. The van der Waals surface area contributed by atoms with Crippen molar-refractivity contribution >= 4 is 29.2 Å². The molecule has 0 atom stereocenters. The topological polar surface area (TPSA) is 49.9 Å². The highest BCUT2D eigenvalue weighted by atomic mass is 35.5. The third kappa shape index (κ3) is 3.06. The van der Waals surface area contributed by atoms with Gasteiger partial charge in [0.15, 0.2) is 0 Å². The van der Waals surface area contributed by atoms with E-state index in [1.165, 1.54) is 0 Å². The standard InChI is InChI=1S/C14H13ClN2S/c1-9-5-6-13(12(7-9)14(16)17)18-11-4-2-3-10(15)8-11/h2-8H,1H3,(H3,16,17). The molecule has 3 N–H and O–H groups in total. The zero-order chi connectivity index (χ0) is 13.1. The fourth-order valence-corrected chi connectivity index (χ4v) is 2.86. The van der Waals surface area contributed by atoms with Crippen LogP contribution in [-0.2, 0) is 0 Å². The zero-order valence-corrected chi connectivity index (χ0v) is 11.5. The van der Waals surface area contributed by atoms with Crippen molar-refractivity contribution in [2.75, 3.05) is 0 Å². The van der Waals surface area contributed by atoms with E-state index in [1.54, 1.807) is 11.8 Å². The summed E-state index contributed by atoms with van der Waals surface area (Å²) in [7, 11) is 0. The summed E-state index contributed by atoms with van der Waals surface area (Å²) in [6.45, 7) is 1.99. The normalized spacial score (nSPS) is 10.3. The summed E-state index contributed by atoms with van der Waals surface area (Å²) in [5, 5.41) is 8.32. The van der Waals surface area contributed by atoms with Gasteiger partial charge in [-0.2, -0.15) is 0 Å². The van der Waals surface area contributed by atoms with Gasteiger partial charge in [0.05, 0.1) is 0 Å². The summed E-state index contributed by atoms with van der Waals surface area (Å²) in [6, 6.07) is 13.6. The third-order valence-electron chi connectivity index (χ3n) is 2.45. The molecule has 0 fully saturated rings. The van der Waals surface area contributed by atoms with E-state index in [9.17, 15) is 0 Å². The first-order chi connectivity index (χ1) is 8.56. The maximum Gasteiger partial charge on any atom is 0.123 e. The van der Waals surface area contributed by atoms with E-state index < -0.39 is 0 Å². The van der Waals surface area contributed by atoms with Gasteiger partial charge in [-0.05, 0) is 37.3 Å².